The highest BCUT2D eigenvalue weighted by atomic mass is 32.2. The summed E-state index contributed by atoms with van der Waals surface area (Å²) in [4.78, 5) is 13.7. The largest absolute Gasteiger partial charge is 0.497 e. The Kier molecular flexibility index (Phi) is 5.64. The maximum Gasteiger partial charge on any atom is 0.265 e. The lowest BCUT2D eigenvalue weighted by molar-refractivity contribution is -0.117. The number of hydrogen-bond acceptors (Lipinski definition) is 6. The Labute approximate surface area is 164 Å². The molecule has 0 saturated carbocycles. The molecule has 0 unspecified atom stereocenters. The molecular formula is C19H22N2O6S. The molecule has 1 N–H and O–H groups in total. The Bertz CT molecular complexity index is 990. The minimum Gasteiger partial charge on any atom is -0.497 e. The monoisotopic (exact) mass is 406 g/mol. The van der Waals surface area contributed by atoms with Crippen molar-refractivity contribution in [1.82, 2.24) is 0 Å². The van der Waals surface area contributed by atoms with E-state index in [2.05, 4.69) is 4.72 Å². The van der Waals surface area contributed by atoms with Crippen molar-refractivity contribution in [3.63, 3.8) is 0 Å². The van der Waals surface area contributed by atoms with Crippen LogP contribution in [0.3, 0.4) is 0 Å². The van der Waals surface area contributed by atoms with Gasteiger partial charge in [0.15, 0.2) is 0 Å². The number of nitrogens with one attached hydrogen (secondary N) is 1. The Morgan fingerprint density at radius 3 is 2.29 bits per heavy atom. The van der Waals surface area contributed by atoms with E-state index in [-0.39, 0.29) is 16.6 Å². The number of benzene rings is 2. The van der Waals surface area contributed by atoms with Crippen LogP contribution in [-0.2, 0) is 14.8 Å². The molecule has 0 aliphatic carbocycles. The summed E-state index contributed by atoms with van der Waals surface area (Å²) in [5.74, 6) is 1.06. The standard InChI is InChI=1S/C19H22N2O6S/c1-25-14-7-9-17(27-3)18(12-14)28(23,24)20-13-6-8-16(26-2)15(11-13)21-10-4-5-19(21)22/h6-9,11-12,20H,4-5,10H2,1-3H3. The van der Waals surface area contributed by atoms with Gasteiger partial charge < -0.3 is 19.1 Å². The molecule has 0 spiro atoms. The number of carbonyl (C=O) groups is 1. The molecule has 0 aromatic heterocycles. The van der Waals surface area contributed by atoms with E-state index in [0.717, 1.165) is 6.42 Å². The molecular weight excluding hydrogens is 384 g/mol. The minimum absolute atomic E-state index is 0.0206. The van der Waals surface area contributed by atoms with Gasteiger partial charge in [0.25, 0.3) is 10.0 Å². The van der Waals surface area contributed by atoms with Gasteiger partial charge >= 0.3 is 0 Å². The number of hydrogen-bond donors (Lipinski definition) is 1. The van der Waals surface area contributed by atoms with E-state index in [1.165, 1.54) is 33.5 Å². The highest BCUT2D eigenvalue weighted by Crippen LogP contribution is 2.35. The van der Waals surface area contributed by atoms with Crippen LogP contribution in [0.5, 0.6) is 17.2 Å². The van der Waals surface area contributed by atoms with Crippen LogP contribution in [0.15, 0.2) is 41.3 Å². The zero-order valence-electron chi connectivity index (χ0n) is 15.9. The van der Waals surface area contributed by atoms with Gasteiger partial charge in [0, 0.05) is 19.0 Å². The first-order valence-electron chi connectivity index (χ1n) is 8.63. The van der Waals surface area contributed by atoms with E-state index in [9.17, 15) is 13.2 Å². The fourth-order valence-corrected chi connectivity index (χ4v) is 4.31. The van der Waals surface area contributed by atoms with E-state index in [0.29, 0.717) is 35.8 Å². The first-order chi connectivity index (χ1) is 13.4. The van der Waals surface area contributed by atoms with Crippen LogP contribution in [0.2, 0.25) is 0 Å². The first kappa shape index (κ1) is 19.8. The summed E-state index contributed by atoms with van der Waals surface area (Å²) in [5, 5.41) is 0. The van der Waals surface area contributed by atoms with E-state index in [1.807, 2.05) is 0 Å². The van der Waals surface area contributed by atoms with Crippen LogP contribution in [0.25, 0.3) is 0 Å². The molecule has 0 bridgehead atoms. The maximum absolute atomic E-state index is 12.9. The van der Waals surface area contributed by atoms with Crippen LogP contribution < -0.4 is 23.8 Å². The minimum atomic E-state index is -3.96. The first-order valence-corrected chi connectivity index (χ1v) is 10.1. The van der Waals surface area contributed by atoms with E-state index in [4.69, 9.17) is 14.2 Å². The number of amides is 1. The van der Waals surface area contributed by atoms with Crippen LogP contribution >= 0.6 is 0 Å². The van der Waals surface area contributed by atoms with Crippen molar-refractivity contribution in [3.05, 3.63) is 36.4 Å². The van der Waals surface area contributed by atoms with Crippen molar-refractivity contribution in [2.45, 2.75) is 17.7 Å². The van der Waals surface area contributed by atoms with Gasteiger partial charge in [-0.05, 0) is 36.8 Å². The van der Waals surface area contributed by atoms with Gasteiger partial charge in [-0.1, -0.05) is 0 Å². The van der Waals surface area contributed by atoms with Crippen LogP contribution in [-0.4, -0.2) is 42.2 Å². The fraction of sp³-hybridized carbons (Fsp3) is 0.316. The molecule has 150 valence electrons. The number of rotatable bonds is 7. The van der Waals surface area contributed by atoms with Crippen molar-refractivity contribution in [1.29, 1.82) is 0 Å². The lowest BCUT2D eigenvalue weighted by atomic mass is 10.2. The van der Waals surface area contributed by atoms with Crippen LogP contribution in [0.4, 0.5) is 11.4 Å². The molecule has 1 heterocycles. The molecule has 28 heavy (non-hydrogen) atoms. The van der Waals surface area contributed by atoms with Crippen LogP contribution in [0, 0.1) is 0 Å². The molecule has 0 atom stereocenters. The molecule has 2 aromatic rings. The van der Waals surface area contributed by atoms with Crippen molar-refractivity contribution in [2.75, 3.05) is 37.5 Å². The number of carbonyl (C=O) groups excluding carboxylic acids is 1. The van der Waals surface area contributed by atoms with Crippen molar-refractivity contribution in [2.24, 2.45) is 0 Å². The highest BCUT2D eigenvalue weighted by molar-refractivity contribution is 7.92. The Morgan fingerprint density at radius 1 is 0.964 bits per heavy atom. The molecule has 1 amide bonds. The third-order valence-corrected chi connectivity index (χ3v) is 5.86. The third kappa shape index (κ3) is 3.84. The van der Waals surface area contributed by atoms with Gasteiger partial charge in [0.1, 0.15) is 22.1 Å². The van der Waals surface area contributed by atoms with Gasteiger partial charge in [-0.25, -0.2) is 8.42 Å². The Hall–Kier alpha value is -2.94. The zero-order chi connectivity index (χ0) is 20.3. The summed E-state index contributed by atoms with van der Waals surface area (Å²) in [7, 11) is 0.390. The third-order valence-electron chi connectivity index (χ3n) is 4.46. The van der Waals surface area contributed by atoms with Gasteiger partial charge in [-0.15, -0.1) is 0 Å². The SMILES string of the molecule is COc1ccc(OC)c(S(=O)(=O)Nc2ccc(OC)c(N3CCCC3=O)c2)c1. The average molecular weight is 406 g/mol. The van der Waals surface area contributed by atoms with E-state index >= 15 is 0 Å². The normalized spacial score (nSPS) is 14.1. The summed E-state index contributed by atoms with van der Waals surface area (Å²) in [6, 6.07) is 9.31. The topological polar surface area (TPSA) is 94.2 Å². The molecule has 2 aromatic carbocycles. The smallest absolute Gasteiger partial charge is 0.265 e. The number of ether oxygens (including phenoxy) is 3. The predicted molar refractivity (Wildman–Crippen MR) is 105 cm³/mol. The van der Waals surface area contributed by atoms with E-state index < -0.39 is 10.0 Å². The molecule has 3 rings (SSSR count). The highest BCUT2D eigenvalue weighted by Gasteiger charge is 2.26. The Balaban J connectivity index is 1.98. The van der Waals surface area contributed by atoms with E-state index in [1.54, 1.807) is 29.2 Å². The van der Waals surface area contributed by atoms with Gasteiger partial charge in [-0.3, -0.25) is 9.52 Å². The molecule has 1 aliphatic rings. The molecule has 0 radical (unpaired) electrons. The quantitative estimate of drug-likeness (QED) is 0.760. The number of sulfonamides is 1. The van der Waals surface area contributed by atoms with Crippen molar-refractivity contribution in [3.8, 4) is 17.2 Å². The number of anilines is 2. The zero-order valence-corrected chi connectivity index (χ0v) is 16.7. The lowest BCUT2D eigenvalue weighted by Gasteiger charge is -2.20. The summed E-state index contributed by atoms with van der Waals surface area (Å²) >= 11 is 0. The average Bonchev–Trinajstić information content (AvgIpc) is 3.12. The van der Waals surface area contributed by atoms with Gasteiger partial charge in [0.05, 0.1) is 32.7 Å². The molecule has 1 saturated heterocycles. The molecule has 1 aliphatic heterocycles. The second-order valence-electron chi connectivity index (χ2n) is 6.16. The number of methoxy groups -OCH3 is 3. The lowest BCUT2D eigenvalue weighted by Crippen LogP contribution is -2.24. The second kappa shape index (κ2) is 7.97. The van der Waals surface area contributed by atoms with Gasteiger partial charge in [0.2, 0.25) is 5.91 Å². The molecule has 1 fully saturated rings. The summed E-state index contributed by atoms with van der Waals surface area (Å²) in [6.07, 6.45) is 1.21. The predicted octanol–water partition coefficient (Wildman–Crippen LogP) is 2.64. The van der Waals surface area contributed by atoms with Crippen molar-refractivity contribution < 1.29 is 27.4 Å². The van der Waals surface area contributed by atoms with Crippen molar-refractivity contribution >= 4 is 27.3 Å². The Morgan fingerprint density at radius 2 is 1.68 bits per heavy atom. The maximum atomic E-state index is 12.9. The summed E-state index contributed by atoms with van der Waals surface area (Å²) < 4.78 is 44.1. The second-order valence-corrected chi connectivity index (χ2v) is 7.81. The van der Waals surface area contributed by atoms with Gasteiger partial charge in [-0.2, -0.15) is 0 Å². The molecule has 9 heteroatoms. The fourth-order valence-electron chi connectivity index (χ4n) is 3.07. The number of nitrogens with zero attached hydrogens (tertiary/aromatic N) is 1. The molecule has 8 nitrogen and oxygen atoms in total. The van der Waals surface area contributed by atoms with Crippen LogP contribution in [0.1, 0.15) is 12.8 Å². The summed E-state index contributed by atoms with van der Waals surface area (Å²) in [5.41, 5.74) is 0.836. The summed E-state index contributed by atoms with van der Waals surface area (Å²) in [6.45, 7) is 0.565.